The first-order valence-corrected chi connectivity index (χ1v) is 12.8. The maximum absolute atomic E-state index is 13.9. The van der Waals surface area contributed by atoms with Gasteiger partial charge in [0.25, 0.3) is 5.91 Å². The van der Waals surface area contributed by atoms with E-state index in [1.54, 1.807) is 29.2 Å². The Hall–Kier alpha value is -2.93. The topological polar surface area (TPSA) is 73.5 Å². The van der Waals surface area contributed by atoms with Crippen molar-refractivity contribution in [3.63, 3.8) is 0 Å². The summed E-state index contributed by atoms with van der Waals surface area (Å²) in [5, 5.41) is 1.11. The van der Waals surface area contributed by atoms with Crippen molar-refractivity contribution in [2.24, 2.45) is 16.7 Å². The van der Waals surface area contributed by atoms with Crippen LogP contribution in [-0.4, -0.2) is 40.2 Å². The molecule has 2 aliphatic rings. The maximum Gasteiger partial charge on any atom is 0.257 e. The zero-order valence-electron chi connectivity index (χ0n) is 20.5. The smallest absolute Gasteiger partial charge is 0.257 e. The first kappa shape index (κ1) is 23.8. The van der Waals surface area contributed by atoms with Crippen LogP contribution in [0.4, 0.5) is 5.69 Å². The summed E-state index contributed by atoms with van der Waals surface area (Å²) < 4.78 is 0.866. The van der Waals surface area contributed by atoms with E-state index in [9.17, 15) is 14.4 Å². The second kappa shape index (κ2) is 8.33. The number of benzene rings is 2. The van der Waals surface area contributed by atoms with Crippen LogP contribution in [0.1, 0.15) is 39.7 Å². The van der Waals surface area contributed by atoms with Gasteiger partial charge in [0.15, 0.2) is 0 Å². The van der Waals surface area contributed by atoms with E-state index in [-0.39, 0.29) is 40.9 Å². The fourth-order valence-corrected chi connectivity index (χ4v) is 5.96. The van der Waals surface area contributed by atoms with Crippen molar-refractivity contribution < 1.29 is 14.4 Å². The number of anilines is 1. The molecule has 0 radical (unpaired) electrons. The van der Waals surface area contributed by atoms with Crippen molar-refractivity contribution in [1.82, 2.24) is 9.88 Å². The summed E-state index contributed by atoms with van der Waals surface area (Å²) in [6.07, 6.45) is 2.57. The lowest BCUT2D eigenvalue weighted by Gasteiger charge is -2.29. The van der Waals surface area contributed by atoms with Crippen molar-refractivity contribution in [2.45, 2.75) is 46.6 Å². The summed E-state index contributed by atoms with van der Waals surface area (Å²) in [6.45, 7) is 8.78. The van der Waals surface area contributed by atoms with Gasteiger partial charge in [0.05, 0.1) is 12.1 Å². The minimum absolute atomic E-state index is 0.00208. The molecule has 3 amide bonds. The molecule has 5 rings (SSSR count). The Morgan fingerprint density at radius 3 is 2.37 bits per heavy atom. The number of carbonyl (C=O) groups is 3. The van der Waals surface area contributed by atoms with Gasteiger partial charge in [-0.2, -0.15) is 0 Å². The summed E-state index contributed by atoms with van der Waals surface area (Å²) in [5.74, 6) is -0.839. The van der Waals surface area contributed by atoms with E-state index in [2.05, 4.69) is 54.7 Å². The van der Waals surface area contributed by atoms with Gasteiger partial charge in [-0.1, -0.05) is 61.8 Å². The van der Waals surface area contributed by atoms with Crippen LogP contribution in [0.3, 0.4) is 0 Å². The van der Waals surface area contributed by atoms with Gasteiger partial charge >= 0.3 is 0 Å². The van der Waals surface area contributed by atoms with Gasteiger partial charge in [-0.3, -0.25) is 14.4 Å². The Balaban J connectivity index is 1.45. The lowest BCUT2D eigenvalue weighted by molar-refractivity contribution is -0.140. The second-order valence-electron chi connectivity index (χ2n) is 10.8. The normalized spacial score (nSPS) is 21.1. The Labute approximate surface area is 213 Å². The fourth-order valence-electron chi connectivity index (χ4n) is 5.70. The molecule has 2 heterocycles. The van der Waals surface area contributed by atoms with Gasteiger partial charge in [-0.25, -0.2) is 4.90 Å². The molecule has 6 nitrogen and oxygen atoms in total. The molecule has 2 fully saturated rings. The largest absolute Gasteiger partial charge is 0.361 e. The molecule has 1 aliphatic heterocycles. The molecule has 7 heteroatoms. The molecule has 1 aromatic heterocycles. The number of aromatic nitrogens is 1. The van der Waals surface area contributed by atoms with Gasteiger partial charge < -0.3 is 9.88 Å². The van der Waals surface area contributed by atoms with Crippen LogP contribution < -0.4 is 4.90 Å². The number of hydrogen-bond donors (Lipinski definition) is 1. The number of rotatable bonds is 6. The molecule has 1 saturated heterocycles. The molecule has 1 saturated carbocycles. The molecular weight excluding hydrogens is 506 g/mol. The predicted octanol–water partition coefficient (Wildman–Crippen LogP) is 5.32. The summed E-state index contributed by atoms with van der Waals surface area (Å²) in [6, 6.07) is 14.3. The number of carbonyl (C=O) groups excluding carboxylic acids is 3. The van der Waals surface area contributed by atoms with Crippen LogP contribution in [0.5, 0.6) is 0 Å². The van der Waals surface area contributed by atoms with E-state index in [4.69, 9.17) is 0 Å². The molecule has 1 aliphatic carbocycles. The number of halogens is 1. The summed E-state index contributed by atoms with van der Waals surface area (Å²) in [5.41, 5.74) is 2.33. The number of aromatic amines is 1. The zero-order valence-corrected chi connectivity index (χ0v) is 22.1. The lowest BCUT2D eigenvalue weighted by Crippen LogP contribution is -2.47. The maximum atomic E-state index is 13.9. The van der Waals surface area contributed by atoms with Gasteiger partial charge in [-0.15, -0.1) is 0 Å². The van der Waals surface area contributed by atoms with Crippen LogP contribution in [0, 0.1) is 16.7 Å². The molecule has 1 atom stereocenters. The van der Waals surface area contributed by atoms with Crippen LogP contribution in [-0.2, 0) is 20.8 Å². The highest BCUT2D eigenvalue weighted by Gasteiger charge is 2.69. The number of amides is 3. The van der Waals surface area contributed by atoms with Crippen LogP contribution in [0.2, 0.25) is 0 Å². The van der Waals surface area contributed by atoms with Crippen molar-refractivity contribution >= 4 is 50.2 Å². The van der Waals surface area contributed by atoms with Crippen LogP contribution >= 0.6 is 15.9 Å². The zero-order chi connectivity index (χ0) is 25.1. The lowest BCUT2D eigenvalue weighted by atomic mass is 10.0. The van der Waals surface area contributed by atoms with Crippen LogP contribution in [0.25, 0.3) is 10.9 Å². The number of nitrogens with zero attached hydrogens (tertiary/aromatic N) is 2. The standard InChI is InChI=1S/C28H30BrN3O3/c1-27(2)24(28(27,3)4)26(35)31(14-13-17-16-30-21-8-6-5-7-20(17)21)22-15-23(33)32(25(22)34)19-11-9-18(29)10-12-19/h5-12,16,22,24,30H,13-15H2,1-4H3. The minimum Gasteiger partial charge on any atom is -0.361 e. The highest BCUT2D eigenvalue weighted by Crippen LogP contribution is 2.69. The number of H-pyrrole nitrogens is 1. The number of fused-ring (bicyclic) bond motifs is 1. The van der Waals surface area contributed by atoms with Crippen molar-refractivity contribution in [3.8, 4) is 0 Å². The first-order valence-electron chi connectivity index (χ1n) is 12.0. The quantitative estimate of drug-likeness (QED) is 0.434. The van der Waals surface area contributed by atoms with Gasteiger partial charge in [-0.05, 0) is 53.1 Å². The minimum atomic E-state index is -0.795. The molecule has 1 N–H and O–H groups in total. The molecule has 35 heavy (non-hydrogen) atoms. The van der Waals surface area contributed by atoms with E-state index in [0.29, 0.717) is 18.7 Å². The average Bonchev–Trinajstić information content (AvgIpc) is 3.12. The SMILES string of the molecule is CC1(C)C(C(=O)N(CCc2c[nH]c3ccccc23)C2CC(=O)N(c3ccc(Br)cc3)C2=O)C1(C)C. The van der Waals surface area contributed by atoms with Crippen molar-refractivity contribution in [1.29, 1.82) is 0 Å². The Morgan fingerprint density at radius 2 is 1.71 bits per heavy atom. The van der Waals surface area contributed by atoms with Gasteiger partial charge in [0.1, 0.15) is 6.04 Å². The van der Waals surface area contributed by atoms with Crippen molar-refractivity contribution in [2.75, 3.05) is 11.4 Å². The molecule has 3 aromatic rings. The Kier molecular flexibility index (Phi) is 5.66. The average molecular weight is 536 g/mol. The third-order valence-electron chi connectivity index (χ3n) is 8.43. The van der Waals surface area contributed by atoms with E-state index >= 15 is 0 Å². The van der Waals surface area contributed by atoms with Gasteiger partial charge in [0.2, 0.25) is 11.8 Å². The van der Waals surface area contributed by atoms with E-state index in [1.165, 1.54) is 4.90 Å². The van der Waals surface area contributed by atoms with E-state index in [0.717, 1.165) is 20.9 Å². The molecule has 2 aromatic carbocycles. The second-order valence-corrected chi connectivity index (χ2v) is 11.7. The molecule has 0 spiro atoms. The molecule has 1 unspecified atom stereocenters. The monoisotopic (exact) mass is 535 g/mol. The predicted molar refractivity (Wildman–Crippen MR) is 140 cm³/mol. The Morgan fingerprint density at radius 1 is 1.06 bits per heavy atom. The van der Waals surface area contributed by atoms with E-state index in [1.807, 2.05) is 24.4 Å². The highest BCUT2D eigenvalue weighted by molar-refractivity contribution is 9.10. The van der Waals surface area contributed by atoms with Crippen LogP contribution in [0.15, 0.2) is 59.2 Å². The first-order chi connectivity index (χ1) is 16.5. The number of hydrogen-bond acceptors (Lipinski definition) is 3. The third-order valence-corrected chi connectivity index (χ3v) is 8.96. The third kappa shape index (κ3) is 3.80. The van der Waals surface area contributed by atoms with E-state index < -0.39 is 6.04 Å². The van der Waals surface area contributed by atoms with Gasteiger partial charge in [0, 0.05) is 34.0 Å². The number of imide groups is 1. The number of para-hydroxylation sites is 1. The summed E-state index contributed by atoms with van der Waals surface area (Å²) in [7, 11) is 0. The number of nitrogens with one attached hydrogen (secondary N) is 1. The summed E-state index contributed by atoms with van der Waals surface area (Å²) >= 11 is 3.40. The molecule has 182 valence electrons. The van der Waals surface area contributed by atoms with Crippen molar-refractivity contribution in [3.05, 3.63) is 64.8 Å². The molecule has 0 bridgehead atoms. The fraction of sp³-hybridized carbons (Fsp3) is 0.393. The Bertz CT molecular complexity index is 1310. The highest BCUT2D eigenvalue weighted by atomic mass is 79.9. The summed E-state index contributed by atoms with van der Waals surface area (Å²) in [4.78, 5) is 46.7. The molecular formula is C28H30BrN3O3.